The zero-order valence-electron chi connectivity index (χ0n) is 10.9. The molecule has 106 valence electrons. The second-order valence-electron chi connectivity index (χ2n) is 4.38. The summed E-state index contributed by atoms with van der Waals surface area (Å²) in [6, 6.07) is 6.73. The predicted molar refractivity (Wildman–Crippen MR) is 74.8 cm³/mol. The second-order valence-corrected chi connectivity index (χ2v) is 5.30. The van der Waals surface area contributed by atoms with Crippen LogP contribution in [0.1, 0.15) is 21.5 Å². The lowest BCUT2D eigenvalue weighted by molar-refractivity contribution is 0.411. The smallest absolute Gasteiger partial charge is 0.161 e. The van der Waals surface area contributed by atoms with Gasteiger partial charge in [0.05, 0.1) is 11.9 Å². The first-order valence-corrected chi connectivity index (χ1v) is 6.78. The van der Waals surface area contributed by atoms with Crippen molar-refractivity contribution in [2.24, 2.45) is 0 Å². The first-order chi connectivity index (χ1) is 9.43. The Hall–Kier alpha value is -1.49. The van der Waals surface area contributed by atoms with Gasteiger partial charge in [0.25, 0.3) is 0 Å². The molecule has 0 aliphatic heterocycles. The van der Waals surface area contributed by atoms with Crippen LogP contribution in [0.5, 0.6) is 5.75 Å². The summed E-state index contributed by atoms with van der Waals surface area (Å²) in [4.78, 5) is -0.591. The average Bonchev–Trinajstić information content (AvgIpc) is 2.42. The first kappa shape index (κ1) is 14.9. The van der Waals surface area contributed by atoms with E-state index in [0.717, 1.165) is 11.6 Å². The van der Waals surface area contributed by atoms with Crippen molar-refractivity contribution in [1.82, 2.24) is 0 Å². The molecule has 0 heterocycles. The molecule has 0 radical (unpaired) electrons. The van der Waals surface area contributed by atoms with E-state index in [0.29, 0.717) is 17.4 Å². The Labute approximate surface area is 123 Å². The van der Waals surface area contributed by atoms with E-state index < -0.39 is 22.3 Å². The molecule has 1 atom stereocenters. The highest BCUT2D eigenvalue weighted by molar-refractivity contribution is 9.09. The van der Waals surface area contributed by atoms with Gasteiger partial charge in [0.15, 0.2) is 11.6 Å². The molecule has 0 fully saturated rings. The van der Waals surface area contributed by atoms with E-state index in [1.807, 2.05) is 13.0 Å². The van der Waals surface area contributed by atoms with Crippen LogP contribution < -0.4 is 4.74 Å². The van der Waals surface area contributed by atoms with Gasteiger partial charge in [-0.2, -0.15) is 0 Å². The van der Waals surface area contributed by atoms with Crippen molar-refractivity contribution in [2.75, 3.05) is 7.11 Å². The van der Waals surface area contributed by atoms with Gasteiger partial charge in [0.1, 0.15) is 11.6 Å². The van der Waals surface area contributed by atoms with Crippen molar-refractivity contribution >= 4 is 15.9 Å². The van der Waals surface area contributed by atoms with Crippen LogP contribution in [0.25, 0.3) is 0 Å². The number of halogens is 4. The van der Waals surface area contributed by atoms with Gasteiger partial charge in [-0.25, -0.2) is 13.2 Å². The highest BCUT2D eigenvalue weighted by Crippen LogP contribution is 2.35. The molecule has 1 nitrogen and oxygen atoms in total. The van der Waals surface area contributed by atoms with Gasteiger partial charge in [-0.15, -0.1) is 0 Å². The minimum absolute atomic E-state index is 0.0369. The Morgan fingerprint density at radius 2 is 1.65 bits per heavy atom. The third kappa shape index (κ3) is 2.82. The quantitative estimate of drug-likeness (QED) is 0.568. The lowest BCUT2D eigenvalue weighted by atomic mass is 10.0. The van der Waals surface area contributed by atoms with Gasteiger partial charge < -0.3 is 4.74 Å². The summed E-state index contributed by atoms with van der Waals surface area (Å²) in [6.07, 6.45) is 0. The molecule has 5 heteroatoms. The number of benzene rings is 2. The standard InChI is InChI=1S/C15H12BrF3O/c1-8-3-4-9(5-14(8)20-2)15(16)10-6-12(18)13(19)7-11(10)17/h3-7,15H,1-2H3. The number of hydrogen-bond donors (Lipinski definition) is 0. The first-order valence-electron chi connectivity index (χ1n) is 5.87. The Balaban J connectivity index is 2.46. The van der Waals surface area contributed by atoms with Crippen molar-refractivity contribution in [1.29, 1.82) is 0 Å². The third-order valence-corrected chi connectivity index (χ3v) is 4.06. The summed E-state index contributed by atoms with van der Waals surface area (Å²) in [5, 5.41) is 0. The number of rotatable bonds is 3. The van der Waals surface area contributed by atoms with Crippen LogP contribution >= 0.6 is 15.9 Å². The van der Waals surface area contributed by atoms with Crippen molar-refractivity contribution in [2.45, 2.75) is 11.8 Å². The van der Waals surface area contributed by atoms with Gasteiger partial charge in [0, 0.05) is 11.6 Å². The average molecular weight is 345 g/mol. The maximum atomic E-state index is 13.8. The fourth-order valence-corrected chi connectivity index (χ4v) is 2.54. The van der Waals surface area contributed by atoms with Crippen LogP contribution in [-0.4, -0.2) is 7.11 Å². The zero-order chi connectivity index (χ0) is 14.9. The topological polar surface area (TPSA) is 9.23 Å². The van der Waals surface area contributed by atoms with E-state index in [-0.39, 0.29) is 5.56 Å². The molecule has 0 amide bonds. The molecule has 1 unspecified atom stereocenters. The van der Waals surface area contributed by atoms with Gasteiger partial charge in [-0.1, -0.05) is 28.1 Å². The molecule has 2 aromatic carbocycles. The number of alkyl halides is 1. The molecule has 2 rings (SSSR count). The fraction of sp³-hybridized carbons (Fsp3) is 0.200. The lowest BCUT2D eigenvalue weighted by Gasteiger charge is -2.14. The van der Waals surface area contributed by atoms with Crippen LogP contribution in [0.4, 0.5) is 13.2 Å². The van der Waals surface area contributed by atoms with Crippen LogP contribution in [0, 0.1) is 24.4 Å². The molecular weight excluding hydrogens is 333 g/mol. The Morgan fingerprint density at radius 1 is 1.00 bits per heavy atom. The number of ether oxygens (including phenoxy) is 1. The predicted octanol–water partition coefficient (Wildman–Crippen LogP) is 4.91. The number of aryl methyl sites for hydroxylation is 1. The largest absolute Gasteiger partial charge is 0.496 e. The number of methoxy groups -OCH3 is 1. The van der Waals surface area contributed by atoms with E-state index in [9.17, 15) is 13.2 Å². The molecule has 0 aromatic heterocycles. The molecule has 20 heavy (non-hydrogen) atoms. The SMILES string of the molecule is COc1cc(C(Br)c2cc(F)c(F)cc2F)ccc1C. The summed E-state index contributed by atoms with van der Waals surface area (Å²) in [7, 11) is 1.54. The number of hydrogen-bond acceptors (Lipinski definition) is 1. The van der Waals surface area contributed by atoms with Crippen molar-refractivity contribution < 1.29 is 17.9 Å². The Kier molecular flexibility index (Phi) is 4.38. The molecule has 0 bridgehead atoms. The minimum Gasteiger partial charge on any atom is -0.496 e. The Morgan fingerprint density at radius 3 is 2.30 bits per heavy atom. The molecular formula is C15H12BrF3O. The van der Waals surface area contributed by atoms with Gasteiger partial charge >= 0.3 is 0 Å². The van der Waals surface area contributed by atoms with E-state index in [2.05, 4.69) is 15.9 Å². The van der Waals surface area contributed by atoms with E-state index in [1.54, 1.807) is 12.1 Å². The highest BCUT2D eigenvalue weighted by atomic mass is 79.9. The van der Waals surface area contributed by atoms with Gasteiger partial charge in [0.2, 0.25) is 0 Å². The lowest BCUT2D eigenvalue weighted by Crippen LogP contribution is -2.00. The maximum absolute atomic E-state index is 13.8. The van der Waals surface area contributed by atoms with Crippen molar-refractivity contribution in [3.8, 4) is 5.75 Å². The van der Waals surface area contributed by atoms with Crippen LogP contribution in [0.2, 0.25) is 0 Å². The molecule has 0 aliphatic carbocycles. The summed E-state index contributed by atoms with van der Waals surface area (Å²) < 4.78 is 45.2. The van der Waals surface area contributed by atoms with Crippen LogP contribution in [0.3, 0.4) is 0 Å². The fourth-order valence-electron chi connectivity index (χ4n) is 1.91. The molecule has 0 N–H and O–H groups in total. The highest BCUT2D eigenvalue weighted by Gasteiger charge is 2.19. The molecule has 0 saturated carbocycles. The third-order valence-electron chi connectivity index (χ3n) is 3.04. The maximum Gasteiger partial charge on any atom is 0.161 e. The van der Waals surface area contributed by atoms with Crippen LogP contribution in [-0.2, 0) is 0 Å². The zero-order valence-corrected chi connectivity index (χ0v) is 12.5. The van der Waals surface area contributed by atoms with E-state index in [1.165, 1.54) is 7.11 Å². The summed E-state index contributed by atoms with van der Waals surface area (Å²) in [5.41, 5.74) is 1.66. The van der Waals surface area contributed by atoms with Crippen molar-refractivity contribution in [3.05, 3.63) is 64.5 Å². The minimum atomic E-state index is -1.20. The van der Waals surface area contributed by atoms with E-state index >= 15 is 0 Å². The van der Waals surface area contributed by atoms with Crippen LogP contribution in [0.15, 0.2) is 30.3 Å². The molecule has 2 aromatic rings. The molecule has 0 aliphatic rings. The normalized spacial score (nSPS) is 12.3. The second kappa shape index (κ2) is 5.87. The van der Waals surface area contributed by atoms with E-state index in [4.69, 9.17) is 4.74 Å². The summed E-state index contributed by atoms with van der Waals surface area (Å²) in [6.45, 7) is 1.88. The summed E-state index contributed by atoms with van der Waals surface area (Å²) >= 11 is 3.31. The Bertz CT molecular complexity index is 643. The molecule has 0 saturated heterocycles. The van der Waals surface area contributed by atoms with Crippen molar-refractivity contribution in [3.63, 3.8) is 0 Å². The molecule has 0 spiro atoms. The van der Waals surface area contributed by atoms with Gasteiger partial charge in [-0.05, 0) is 30.2 Å². The monoisotopic (exact) mass is 344 g/mol. The summed E-state index contributed by atoms with van der Waals surface area (Å²) in [5.74, 6) is -2.43. The van der Waals surface area contributed by atoms with Gasteiger partial charge in [-0.3, -0.25) is 0 Å².